The van der Waals surface area contributed by atoms with E-state index >= 15 is 0 Å². The molecule has 2 aromatic rings. The summed E-state index contributed by atoms with van der Waals surface area (Å²) in [6.07, 6.45) is 3.12. The Balaban J connectivity index is 1.82. The van der Waals surface area contributed by atoms with Crippen LogP contribution in [0.3, 0.4) is 0 Å². The van der Waals surface area contributed by atoms with Crippen molar-refractivity contribution < 1.29 is 9.47 Å². The third-order valence-corrected chi connectivity index (χ3v) is 5.24. The molecule has 0 aliphatic carbocycles. The minimum absolute atomic E-state index is 0.352. The minimum atomic E-state index is 0.352. The quantitative estimate of drug-likeness (QED) is 0.845. The third kappa shape index (κ3) is 3.54. The number of methoxy groups -OCH3 is 2. The smallest absolute Gasteiger partial charge is 0.161 e. The Hall–Kier alpha value is -1.52. The number of aryl methyl sites for hydroxylation is 1. The van der Waals surface area contributed by atoms with Gasteiger partial charge in [0.15, 0.2) is 11.5 Å². The van der Waals surface area contributed by atoms with Crippen LogP contribution in [-0.2, 0) is 12.8 Å². The third-order valence-electron chi connectivity index (χ3n) is 4.47. The van der Waals surface area contributed by atoms with Crippen molar-refractivity contribution in [1.29, 1.82) is 0 Å². The molecule has 3 nitrogen and oxygen atoms in total. The highest BCUT2D eigenvalue weighted by atomic mass is 79.9. The van der Waals surface area contributed by atoms with Crippen molar-refractivity contribution >= 4 is 15.9 Å². The molecule has 3 rings (SSSR count). The number of hydrogen-bond donors (Lipinski definition) is 1. The number of halogens is 1. The number of rotatable bonds is 5. The molecule has 0 saturated carbocycles. The van der Waals surface area contributed by atoms with Crippen LogP contribution in [0.25, 0.3) is 0 Å². The molecule has 1 heterocycles. The first kappa shape index (κ1) is 16.3. The van der Waals surface area contributed by atoms with E-state index in [0.29, 0.717) is 6.04 Å². The monoisotopic (exact) mass is 375 g/mol. The van der Waals surface area contributed by atoms with Gasteiger partial charge in [-0.3, -0.25) is 0 Å². The van der Waals surface area contributed by atoms with Gasteiger partial charge in [0.2, 0.25) is 0 Å². The van der Waals surface area contributed by atoms with Gasteiger partial charge in [-0.05, 0) is 60.7 Å². The predicted octanol–water partition coefficient (Wildman–Crippen LogP) is 4.29. The van der Waals surface area contributed by atoms with Gasteiger partial charge in [0.05, 0.1) is 14.2 Å². The summed E-state index contributed by atoms with van der Waals surface area (Å²) in [6.45, 7) is 1.00. The lowest BCUT2D eigenvalue weighted by molar-refractivity contribution is 0.351. The molecule has 0 aromatic heterocycles. The summed E-state index contributed by atoms with van der Waals surface area (Å²) < 4.78 is 12.1. The molecule has 0 radical (unpaired) electrons. The molecule has 1 aliphatic heterocycles. The molecule has 0 amide bonds. The van der Waals surface area contributed by atoms with Crippen molar-refractivity contribution in [1.82, 2.24) is 5.32 Å². The van der Waals surface area contributed by atoms with Crippen molar-refractivity contribution in [2.45, 2.75) is 25.3 Å². The van der Waals surface area contributed by atoms with E-state index in [-0.39, 0.29) is 0 Å². The Morgan fingerprint density at radius 1 is 1.13 bits per heavy atom. The van der Waals surface area contributed by atoms with Gasteiger partial charge in [0.1, 0.15) is 0 Å². The number of nitrogens with one attached hydrogen (secondary N) is 1. The fourth-order valence-corrected chi connectivity index (χ4v) is 3.71. The van der Waals surface area contributed by atoms with Crippen LogP contribution in [0.15, 0.2) is 40.9 Å². The lowest BCUT2D eigenvalue weighted by atomic mass is 9.90. The first-order chi connectivity index (χ1) is 11.2. The molecule has 1 aliphatic rings. The SMILES string of the molecule is COc1cc2c(cc1OC)C(CCc1ccccc1Br)NCC2. The largest absolute Gasteiger partial charge is 0.493 e. The van der Waals surface area contributed by atoms with Crippen LogP contribution < -0.4 is 14.8 Å². The standard InChI is InChI=1S/C19H22BrNO2/c1-22-18-11-14-9-10-21-17(15(14)12-19(18)23-2)8-7-13-5-3-4-6-16(13)20/h3-6,11-12,17,21H,7-10H2,1-2H3. The summed E-state index contributed by atoms with van der Waals surface area (Å²) >= 11 is 3.64. The van der Waals surface area contributed by atoms with Crippen molar-refractivity contribution in [3.63, 3.8) is 0 Å². The van der Waals surface area contributed by atoms with Gasteiger partial charge in [-0.2, -0.15) is 0 Å². The van der Waals surface area contributed by atoms with Gasteiger partial charge < -0.3 is 14.8 Å². The molecule has 1 N–H and O–H groups in total. The van der Waals surface area contributed by atoms with E-state index in [9.17, 15) is 0 Å². The van der Waals surface area contributed by atoms with Crippen molar-refractivity contribution in [3.05, 3.63) is 57.6 Å². The van der Waals surface area contributed by atoms with Gasteiger partial charge in [0, 0.05) is 10.5 Å². The van der Waals surface area contributed by atoms with Gasteiger partial charge in [-0.15, -0.1) is 0 Å². The van der Waals surface area contributed by atoms with E-state index in [2.05, 4.69) is 57.6 Å². The molecule has 0 bridgehead atoms. The van der Waals surface area contributed by atoms with Crippen LogP contribution >= 0.6 is 15.9 Å². The summed E-state index contributed by atoms with van der Waals surface area (Å²) in [6, 6.07) is 13.0. The molecule has 1 unspecified atom stereocenters. The topological polar surface area (TPSA) is 30.5 Å². The molecule has 23 heavy (non-hydrogen) atoms. The Morgan fingerprint density at radius 2 is 1.87 bits per heavy atom. The summed E-state index contributed by atoms with van der Waals surface area (Å²) in [4.78, 5) is 0. The highest BCUT2D eigenvalue weighted by Crippen LogP contribution is 2.36. The molecule has 0 saturated heterocycles. The van der Waals surface area contributed by atoms with Gasteiger partial charge in [-0.25, -0.2) is 0 Å². The number of fused-ring (bicyclic) bond motifs is 1. The van der Waals surface area contributed by atoms with Crippen molar-refractivity contribution in [2.24, 2.45) is 0 Å². The maximum absolute atomic E-state index is 5.47. The Bertz CT molecular complexity index is 687. The van der Waals surface area contributed by atoms with Crippen LogP contribution in [0.1, 0.15) is 29.2 Å². The maximum Gasteiger partial charge on any atom is 0.161 e. The van der Waals surface area contributed by atoms with Crippen molar-refractivity contribution in [3.8, 4) is 11.5 Å². The molecule has 2 aromatic carbocycles. The zero-order valence-electron chi connectivity index (χ0n) is 13.6. The number of ether oxygens (including phenoxy) is 2. The fraction of sp³-hybridized carbons (Fsp3) is 0.368. The minimum Gasteiger partial charge on any atom is -0.493 e. The van der Waals surface area contributed by atoms with E-state index in [1.165, 1.54) is 21.2 Å². The fourth-order valence-electron chi connectivity index (χ4n) is 3.23. The molecule has 4 heteroatoms. The molecular weight excluding hydrogens is 354 g/mol. The molecular formula is C19H22BrNO2. The van der Waals surface area contributed by atoms with E-state index in [4.69, 9.17) is 9.47 Å². The Labute approximate surface area is 146 Å². The summed E-state index contributed by atoms with van der Waals surface area (Å²) in [7, 11) is 3.38. The summed E-state index contributed by atoms with van der Waals surface area (Å²) in [5.74, 6) is 1.62. The first-order valence-corrected chi connectivity index (χ1v) is 8.74. The highest BCUT2D eigenvalue weighted by molar-refractivity contribution is 9.10. The summed E-state index contributed by atoms with van der Waals surface area (Å²) in [5, 5.41) is 3.64. The van der Waals surface area contributed by atoms with Gasteiger partial charge >= 0.3 is 0 Å². The predicted molar refractivity (Wildman–Crippen MR) is 96.5 cm³/mol. The molecule has 1 atom stereocenters. The van der Waals surface area contributed by atoms with E-state index < -0.39 is 0 Å². The Morgan fingerprint density at radius 3 is 2.61 bits per heavy atom. The van der Waals surface area contributed by atoms with Crippen LogP contribution in [0.2, 0.25) is 0 Å². The second kappa shape index (κ2) is 7.37. The second-order valence-corrected chi connectivity index (χ2v) is 6.65. The van der Waals surface area contributed by atoms with Gasteiger partial charge in [-0.1, -0.05) is 34.1 Å². The van der Waals surface area contributed by atoms with Crippen molar-refractivity contribution in [2.75, 3.05) is 20.8 Å². The van der Waals surface area contributed by atoms with Crippen LogP contribution in [0.5, 0.6) is 11.5 Å². The second-order valence-electron chi connectivity index (χ2n) is 5.79. The average Bonchev–Trinajstić information content (AvgIpc) is 2.59. The van der Waals surface area contributed by atoms with E-state index in [0.717, 1.165) is 37.3 Å². The number of benzene rings is 2. The molecule has 122 valence electrons. The average molecular weight is 376 g/mol. The maximum atomic E-state index is 5.47. The van der Waals surface area contributed by atoms with Crippen LogP contribution in [-0.4, -0.2) is 20.8 Å². The zero-order chi connectivity index (χ0) is 16.2. The molecule has 0 spiro atoms. The van der Waals surface area contributed by atoms with Gasteiger partial charge in [0.25, 0.3) is 0 Å². The zero-order valence-corrected chi connectivity index (χ0v) is 15.2. The van der Waals surface area contributed by atoms with Crippen LogP contribution in [0.4, 0.5) is 0 Å². The summed E-state index contributed by atoms with van der Waals surface area (Å²) in [5.41, 5.74) is 4.04. The lowest BCUT2D eigenvalue weighted by Gasteiger charge is -2.28. The Kier molecular flexibility index (Phi) is 5.23. The van der Waals surface area contributed by atoms with E-state index in [1.807, 2.05) is 0 Å². The highest BCUT2D eigenvalue weighted by Gasteiger charge is 2.22. The first-order valence-electron chi connectivity index (χ1n) is 7.94. The lowest BCUT2D eigenvalue weighted by Crippen LogP contribution is -2.30. The normalized spacial score (nSPS) is 16.7. The molecule has 0 fully saturated rings. The van der Waals surface area contributed by atoms with E-state index in [1.54, 1.807) is 14.2 Å². The van der Waals surface area contributed by atoms with Crippen LogP contribution in [0, 0.1) is 0 Å². The number of hydrogen-bond acceptors (Lipinski definition) is 3.